The fourth-order valence-electron chi connectivity index (χ4n) is 1.79. The Balaban J connectivity index is 2.17. The van der Waals surface area contributed by atoms with Crippen molar-refractivity contribution in [2.24, 2.45) is 0 Å². The summed E-state index contributed by atoms with van der Waals surface area (Å²) in [5.74, 6) is -2.12. The lowest BCUT2D eigenvalue weighted by Gasteiger charge is -2.20. The van der Waals surface area contributed by atoms with E-state index in [0.29, 0.717) is 16.9 Å². The Bertz CT molecular complexity index is 696. The van der Waals surface area contributed by atoms with Crippen LogP contribution in [-0.2, 0) is 0 Å². The first kappa shape index (κ1) is 15.9. The Morgan fingerprint density at radius 2 is 1.77 bits per heavy atom. The number of hydrogen-bond acceptors (Lipinski definition) is 3. The molecule has 0 aliphatic rings. The van der Waals surface area contributed by atoms with Crippen molar-refractivity contribution < 1.29 is 13.6 Å². The number of nitrogens with one attached hydrogen (secondary N) is 2. The molecular formula is C16H17F2N3O. The first-order valence-electron chi connectivity index (χ1n) is 6.74. The van der Waals surface area contributed by atoms with Gasteiger partial charge < -0.3 is 10.6 Å². The van der Waals surface area contributed by atoms with Crippen LogP contribution in [0.4, 0.5) is 20.2 Å². The lowest BCUT2D eigenvalue weighted by atomic mass is 10.1. The molecule has 0 saturated carbocycles. The SMILES string of the molecule is CC(C)(C)NC(=O)c1cncc(Nc2ccc(F)c(F)c2)c1. The summed E-state index contributed by atoms with van der Waals surface area (Å²) in [5.41, 5.74) is 0.893. The minimum Gasteiger partial charge on any atom is -0.354 e. The zero-order valence-corrected chi connectivity index (χ0v) is 12.6. The van der Waals surface area contributed by atoms with Gasteiger partial charge in [-0.15, -0.1) is 0 Å². The molecule has 0 saturated heterocycles. The average Bonchev–Trinajstić information content (AvgIpc) is 2.41. The first-order valence-corrected chi connectivity index (χ1v) is 6.74. The molecule has 0 unspecified atom stereocenters. The van der Waals surface area contributed by atoms with Gasteiger partial charge in [0.05, 0.1) is 17.4 Å². The van der Waals surface area contributed by atoms with E-state index >= 15 is 0 Å². The van der Waals surface area contributed by atoms with Crippen molar-refractivity contribution in [2.45, 2.75) is 26.3 Å². The van der Waals surface area contributed by atoms with Crippen molar-refractivity contribution in [1.29, 1.82) is 0 Å². The minimum atomic E-state index is -0.945. The van der Waals surface area contributed by atoms with Crippen molar-refractivity contribution >= 4 is 17.3 Å². The highest BCUT2D eigenvalue weighted by molar-refractivity contribution is 5.95. The summed E-state index contributed by atoms with van der Waals surface area (Å²) >= 11 is 0. The largest absolute Gasteiger partial charge is 0.354 e. The maximum atomic E-state index is 13.2. The number of carbonyl (C=O) groups excluding carboxylic acids is 1. The van der Waals surface area contributed by atoms with Gasteiger partial charge in [-0.2, -0.15) is 0 Å². The molecule has 4 nitrogen and oxygen atoms in total. The molecule has 0 aliphatic carbocycles. The number of amides is 1. The molecule has 1 aromatic heterocycles. The predicted octanol–water partition coefficient (Wildman–Crippen LogP) is 3.63. The summed E-state index contributed by atoms with van der Waals surface area (Å²) in [5, 5.41) is 5.71. The fourth-order valence-corrected chi connectivity index (χ4v) is 1.79. The van der Waals surface area contributed by atoms with Crippen molar-refractivity contribution in [2.75, 3.05) is 5.32 Å². The van der Waals surface area contributed by atoms with E-state index in [0.717, 1.165) is 12.1 Å². The number of rotatable bonds is 3. The van der Waals surface area contributed by atoms with Gasteiger partial charge in [0.1, 0.15) is 0 Å². The van der Waals surface area contributed by atoms with Gasteiger partial charge >= 0.3 is 0 Å². The predicted molar refractivity (Wildman–Crippen MR) is 81.1 cm³/mol. The zero-order valence-electron chi connectivity index (χ0n) is 12.6. The quantitative estimate of drug-likeness (QED) is 0.910. The molecule has 2 rings (SSSR count). The maximum absolute atomic E-state index is 13.2. The van der Waals surface area contributed by atoms with Gasteiger partial charge in [0.15, 0.2) is 11.6 Å². The highest BCUT2D eigenvalue weighted by atomic mass is 19.2. The second kappa shape index (κ2) is 6.09. The van der Waals surface area contributed by atoms with Crippen LogP contribution < -0.4 is 10.6 Å². The summed E-state index contributed by atoms with van der Waals surface area (Å²) in [7, 11) is 0. The van der Waals surface area contributed by atoms with E-state index in [1.807, 2.05) is 20.8 Å². The van der Waals surface area contributed by atoms with Crippen LogP contribution in [0.25, 0.3) is 0 Å². The minimum absolute atomic E-state index is 0.256. The molecule has 1 aromatic carbocycles. The number of pyridine rings is 1. The molecule has 2 aromatic rings. The van der Waals surface area contributed by atoms with Crippen molar-refractivity contribution in [3.05, 3.63) is 53.9 Å². The Labute approximate surface area is 127 Å². The number of benzene rings is 1. The molecule has 1 heterocycles. The summed E-state index contributed by atoms with van der Waals surface area (Å²) < 4.78 is 26.1. The standard InChI is InChI=1S/C16H17F2N3O/c1-16(2,3)21-15(22)10-6-12(9-19-8-10)20-11-4-5-13(17)14(18)7-11/h4-9,20H,1-3H3,(H,21,22). The number of halogens is 2. The average molecular weight is 305 g/mol. The van der Waals surface area contributed by atoms with Crippen LogP contribution in [-0.4, -0.2) is 16.4 Å². The van der Waals surface area contributed by atoms with Crippen LogP contribution in [0.1, 0.15) is 31.1 Å². The smallest absolute Gasteiger partial charge is 0.253 e. The normalized spacial score (nSPS) is 11.1. The monoisotopic (exact) mass is 305 g/mol. The third-order valence-electron chi connectivity index (χ3n) is 2.70. The van der Waals surface area contributed by atoms with Crippen LogP contribution in [0.2, 0.25) is 0 Å². The van der Waals surface area contributed by atoms with Crippen LogP contribution in [0, 0.1) is 11.6 Å². The molecule has 22 heavy (non-hydrogen) atoms. The van der Waals surface area contributed by atoms with E-state index in [1.54, 1.807) is 6.07 Å². The van der Waals surface area contributed by atoms with Gasteiger partial charge in [-0.1, -0.05) is 0 Å². The number of hydrogen-bond donors (Lipinski definition) is 2. The summed E-state index contributed by atoms with van der Waals surface area (Å²) in [6.45, 7) is 5.63. The van der Waals surface area contributed by atoms with Crippen LogP contribution in [0.5, 0.6) is 0 Å². The second-order valence-electron chi connectivity index (χ2n) is 5.92. The van der Waals surface area contributed by atoms with Gasteiger partial charge in [0, 0.05) is 23.5 Å². The van der Waals surface area contributed by atoms with E-state index in [-0.39, 0.29) is 11.4 Å². The Morgan fingerprint density at radius 1 is 1.05 bits per heavy atom. The van der Waals surface area contributed by atoms with Crippen LogP contribution >= 0.6 is 0 Å². The highest BCUT2D eigenvalue weighted by Gasteiger charge is 2.15. The second-order valence-corrected chi connectivity index (χ2v) is 5.92. The zero-order chi connectivity index (χ0) is 16.3. The lowest BCUT2D eigenvalue weighted by Crippen LogP contribution is -2.40. The van der Waals surface area contributed by atoms with Gasteiger partial charge in [0.2, 0.25) is 0 Å². The Hall–Kier alpha value is -2.50. The van der Waals surface area contributed by atoms with E-state index < -0.39 is 11.6 Å². The third-order valence-corrected chi connectivity index (χ3v) is 2.70. The fraction of sp³-hybridized carbons (Fsp3) is 0.250. The van der Waals surface area contributed by atoms with Gasteiger partial charge in [-0.3, -0.25) is 9.78 Å². The van der Waals surface area contributed by atoms with E-state index in [9.17, 15) is 13.6 Å². The molecular weight excluding hydrogens is 288 g/mol. The molecule has 0 radical (unpaired) electrons. The molecule has 0 fully saturated rings. The molecule has 1 amide bonds. The first-order chi connectivity index (χ1) is 10.2. The molecule has 2 N–H and O–H groups in total. The number of nitrogens with zero attached hydrogens (tertiary/aromatic N) is 1. The molecule has 0 bridgehead atoms. The Kier molecular flexibility index (Phi) is 4.40. The Morgan fingerprint density at radius 3 is 2.41 bits per heavy atom. The van der Waals surface area contributed by atoms with E-state index in [4.69, 9.17) is 0 Å². The van der Waals surface area contributed by atoms with Crippen molar-refractivity contribution in [3.8, 4) is 0 Å². The number of carbonyl (C=O) groups is 1. The molecule has 6 heteroatoms. The highest BCUT2D eigenvalue weighted by Crippen LogP contribution is 2.19. The number of aromatic nitrogens is 1. The molecule has 0 atom stereocenters. The van der Waals surface area contributed by atoms with E-state index in [2.05, 4.69) is 15.6 Å². The van der Waals surface area contributed by atoms with E-state index in [1.165, 1.54) is 18.5 Å². The van der Waals surface area contributed by atoms with Gasteiger partial charge in [0.25, 0.3) is 5.91 Å². The summed E-state index contributed by atoms with van der Waals surface area (Å²) in [6.07, 6.45) is 2.94. The summed E-state index contributed by atoms with van der Waals surface area (Å²) in [4.78, 5) is 16.1. The molecule has 116 valence electrons. The number of anilines is 2. The topological polar surface area (TPSA) is 54.0 Å². The summed E-state index contributed by atoms with van der Waals surface area (Å²) in [6, 6.07) is 5.06. The van der Waals surface area contributed by atoms with Gasteiger partial charge in [-0.05, 0) is 39.0 Å². The van der Waals surface area contributed by atoms with Gasteiger partial charge in [-0.25, -0.2) is 8.78 Å². The van der Waals surface area contributed by atoms with Crippen molar-refractivity contribution in [3.63, 3.8) is 0 Å². The van der Waals surface area contributed by atoms with Crippen molar-refractivity contribution in [1.82, 2.24) is 10.3 Å². The third kappa shape index (κ3) is 4.25. The maximum Gasteiger partial charge on any atom is 0.253 e. The van der Waals surface area contributed by atoms with Crippen LogP contribution in [0.15, 0.2) is 36.7 Å². The molecule has 0 aliphatic heterocycles. The van der Waals surface area contributed by atoms with Crippen LogP contribution in [0.3, 0.4) is 0 Å². The lowest BCUT2D eigenvalue weighted by molar-refractivity contribution is 0.0919. The molecule has 0 spiro atoms.